The maximum absolute atomic E-state index is 9.05. The Bertz CT molecular complexity index is 181. The zero-order valence-electron chi connectivity index (χ0n) is 11.7. The van der Waals surface area contributed by atoms with Gasteiger partial charge in [-0.05, 0) is 52.6 Å². The molecule has 0 heterocycles. The Balaban J connectivity index is 3.76. The van der Waals surface area contributed by atoms with Gasteiger partial charge in [0.15, 0.2) is 0 Å². The van der Waals surface area contributed by atoms with Crippen molar-refractivity contribution in [3.05, 3.63) is 0 Å². The molecule has 0 saturated heterocycles. The van der Waals surface area contributed by atoms with Crippen LogP contribution in [0.4, 0.5) is 0 Å². The molecule has 3 heteroatoms. The van der Waals surface area contributed by atoms with Gasteiger partial charge in [-0.3, -0.25) is 0 Å². The van der Waals surface area contributed by atoms with Crippen LogP contribution in [0.3, 0.4) is 0 Å². The smallest absolute Gasteiger partial charge is 0.0608 e. The van der Waals surface area contributed by atoms with E-state index in [0.29, 0.717) is 6.04 Å². The Kier molecular flexibility index (Phi) is 7.20. The van der Waals surface area contributed by atoms with E-state index >= 15 is 0 Å². The molecule has 0 aromatic rings. The summed E-state index contributed by atoms with van der Waals surface area (Å²) in [6.07, 6.45) is 3.16. The quantitative estimate of drug-likeness (QED) is 0.669. The minimum atomic E-state index is -0.415. The highest BCUT2D eigenvalue weighted by Gasteiger charge is 2.17. The zero-order valence-corrected chi connectivity index (χ0v) is 11.7. The van der Waals surface area contributed by atoms with E-state index in [-0.39, 0.29) is 6.61 Å². The Morgan fingerprint density at radius 1 is 1.31 bits per heavy atom. The van der Waals surface area contributed by atoms with Crippen molar-refractivity contribution in [3.8, 4) is 0 Å². The van der Waals surface area contributed by atoms with Gasteiger partial charge in [0.05, 0.1) is 6.61 Å². The molecule has 16 heavy (non-hydrogen) atoms. The standard InChI is InChI=1S/C13H30N2O/c1-11(2)9-12(3)15(5)8-6-7-13(4,14)10-16/h11-12,16H,6-10,14H2,1-5H3. The van der Waals surface area contributed by atoms with Crippen LogP contribution in [-0.2, 0) is 0 Å². The van der Waals surface area contributed by atoms with Crippen LogP contribution in [-0.4, -0.2) is 41.8 Å². The van der Waals surface area contributed by atoms with Gasteiger partial charge in [0.25, 0.3) is 0 Å². The number of rotatable bonds is 8. The van der Waals surface area contributed by atoms with Crippen LogP contribution in [0.2, 0.25) is 0 Å². The first-order chi connectivity index (χ1) is 7.28. The van der Waals surface area contributed by atoms with Gasteiger partial charge in [0.1, 0.15) is 0 Å². The number of aliphatic hydroxyl groups excluding tert-OH is 1. The Morgan fingerprint density at radius 3 is 2.31 bits per heavy atom. The van der Waals surface area contributed by atoms with Crippen molar-refractivity contribution < 1.29 is 5.11 Å². The minimum Gasteiger partial charge on any atom is -0.394 e. The summed E-state index contributed by atoms with van der Waals surface area (Å²) in [4.78, 5) is 2.38. The van der Waals surface area contributed by atoms with E-state index < -0.39 is 5.54 Å². The van der Waals surface area contributed by atoms with Crippen LogP contribution in [0.15, 0.2) is 0 Å². The molecule has 0 aliphatic carbocycles. The summed E-state index contributed by atoms with van der Waals surface area (Å²) in [6, 6.07) is 0.623. The van der Waals surface area contributed by atoms with Gasteiger partial charge in [-0.2, -0.15) is 0 Å². The van der Waals surface area contributed by atoms with Crippen LogP contribution in [0.5, 0.6) is 0 Å². The van der Waals surface area contributed by atoms with Gasteiger partial charge in [-0.1, -0.05) is 13.8 Å². The predicted molar refractivity (Wildman–Crippen MR) is 70.5 cm³/mol. The van der Waals surface area contributed by atoms with Gasteiger partial charge < -0.3 is 15.7 Å². The summed E-state index contributed by atoms with van der Waals surface area (Å²) in [6.45, 7) is 9.82. The molecule has 98 valence electrons. The van der Waals surface area contributed by atoms with Crippen molar-refractivity contribution in [2.75, 3.05) is 20.2 Å². The van der Waals surface area contributed by atoms with Crippen molar-refractivity contribution in [2.24, 2.45) is 11.7 Å². The average Bonchev–Trinajstić information content (AvgIpc) is 2.16. The van der Waals surface area contributed by atoms with Crippen molar-refractivity contribution in [2.45, 2.75) is 58.5 Å². The van der Waals surface area contributed by atoms with Gasteiger partial charge in [0, 0.05) is 11.6 Å². The fourth-order valence-corrected chi connectivity index (χ4v) is 1.89. The molecule has 3 N–H and O–H groups in total. The molecule has 2 atom stereocenters. The number of nitrogens with two attached hydrogens (primary N) is 1. The third kappa shape index (κ3) is 7.20. The van der Waals surface area contributed by atoms with E-state index in [1.165, 1.54) is 6.42 Å². The van der Waals surface area contributed by atoms with E-state index in [1.54, 1.807) is 0 Å². The van der Waals surface area contributed by atoms with Crippen molar-refractivity contribution in [1.82, 2.24) is 4.90 Å². The van der Waals surface area contributed by atoms with E-state index in [1.807, 2.05) is 6.92 Å². The fourth-order valence-electron chi connectivity index (χ4n) is 1.89. The highest BCUT2D eigenvalue weighted by Crippen LogP contribution is 2.12. The average molecular weight is 230 g/mol. The number of hydrogen-bond donors (Lipinski definition) is 2. The lowest BCUT2D eigenvalue weighted by atomic mass is 9.98. The molecule has 0 aromatic heterocycles. The normalized spacial score (nSPS) is 17.8. The van der Waals surface area contributed by atoms with Gasteiger partial charge in [-0.25, -0.2) is 0 Å². The Labute approximate surface area is 101 Å². The van der Waals surface area contributed by atoms with Gasteiger partial charge >= 0.3 is 0 Å². The number of hydrogen-bond acceptors (Lipinski definition) is 3. The first-order valence-corrected chi connectivity index (χ1v) is 6.38. The minimum absolute atomic E-state index is 0.0677. The van der Waals surface area contributed by atoms with E-state index in [2.05, 4.69) is 32.7 Å². The summed E-state index contributed by atoms with van der Waals surface area (Å²) in [5.41, 5.74) is 5.48. The lowest BCUT2D eigenvalue weighted by Crippen LogP contribution is -2.41. The molecule has 0 amide bonds. The SMILES string of the molecule is CC(C)CC(C)N(C)CCCC(C)(N)CO. The summed E-state index contributed by atoms with van der Waals surface area (Å²) >= 11 is 0. The summed E-state index contributed by atoms with van der Waals surface area (Å²) < 4.78 is 0. The molecule has 0 saturated carbocycles. The summed E-state index contributed by atoms with van der Waals surface area (Å²) in [7, 11) is 2.17. The molecule has 0 bridgehead atoms. The molecular formula is C13H30N2O. The molecule has 0 aliphatic heterocycles. The summed E-state index contributed by atoms with van der Waals surface area (Å²) in [5, 5.41) is 9.05. The molecule has 0 spiro atoms. The van der Waals surface area contributed by atoms with E-state index in [0.717, 1.165) is 25.3 Å². The van der Waals surface area contributed by atoms with Crippen LogP contribution in [0.1, 0.15) is 47.0 Å². The second kappa shape index (κ2) is 7.25. The third-order valence-corrected chi connectivity index (χ3v) is 3.18. The molecule has 0 aromatic carbocycles. The lowest BCUT2D eigenvalue weighted by Gasteiger charge is -2.28. The van der Waals surface area contributed by atoms with Crippen LogP contribution in [0, 0.1) is 5.92 Å². The van der Waals surface area contributed by atoms with Crippen molar-refractivity contribution >= 4 is 0 Å². The highest BCUT2D eigenvalue weighted by molar-refractivity contribution is 4.77. The maximum atomic E-state index is 9.05. The number of nitrogens with zero attached hydrogens (tertiary/aromatic N) is 1. The second-order valence-electron chi connectivity index (χ2n) is 5.87. The van der Waals surface area contributed by atoms with E-state index in [9.17, 15) is 0 Å². The highest BCUT2D eigenvalue weighted by atomic mass is 16.3. The van der Waals surface area contributed by atoms with Crippen LogP contribution in [0.25, 0.3) is 0 Å². The fraction of sp³-hybridized carbons (Fsp3) is 1.00. The molecule has 0 aliphatic rings. The Hall–Kier alpha value is -0.120. The molecule has 0 rings (SSSR count). The molecule has 0 radical (unpaired) electrons. The summed E-state index contributed by atoms with van der Waals surface area (Å²) in [5.74, 6) is 0.745. The molecule has 0 fully saturated rings. The molecular weight excluding hydrogens is 200 g/mol. The molecule has 3 nitrogen and oxygen atoms in total. The largest absolute Gasteiger partial charge is 0.394 e. The van der Waals surface area contributed by atoms with Gasteiger partial charge in [-0.15, -0.1) is 0 Å². The maximum Gasteiger partial charge on any atom is 0.0608 e. The molecule has 2 unspecified atom stereocenters. The van der Waals surface area contributed by atoms with E-state index in [4.69, 9.17) is 10.8 Å². The second-order valence-corrected chi connectivity index (χ2v) is 5.87. The lowest BCUT2D eigenvalue weighted by molar-refractivity contribution is 0.180. The first-order valence-electron chi connectivity index (χ1n) is 6.38. The zero-order chi connectivity index (χ0) is 12.8. The van der Waals surface area contributed by atoms with Crippen LogP contribution < -0.4 is 5.73 Å². The van der Waals surface area contributed by atoms with Crippen LogP contribution >= 0.6 is 0 Å². The first kappa shape index (κ1) is 15.9. The predicted octanol–water partition coefficient (Wildman–Crippen LogP) is 1.84. The van der Waals surface area contributed by atoms with Gasteiger partial charge in [0.2, 0.25) is 0 Å². The topological polar surface area (TPSA) is 49.5 Å². The number of aliphatic hydroxyl groups is 1. The third-order valence-electron chi connectivity index (χ3n) is 3.18. The Morgan fingerprint density at radius 2 is 1.88 bits per heavy atom. The monoisotopic (exact) mass is 230 g/mol. The van der Waals surface area contributed by atoms with Crippen molar-refractivity contribution in [3.63, 3.8) is 0 Å². The van der Waals surface area contributed by atoms with Crippen molar-refractivity contribution in [1.29, 1.82) is 0 Å².